The second kappa shape index (κ2) is 11.6. The quantitative estimate of drug-likeness (QED) is 0.356. The minimum absolute atomic E-state index is 0.163. The SMILES string of the molecule is COC(=O)C(C)(C)SC/C=C(\C)CC/C=C(\C)CCC=C(C)C. The maximum absolute atomic E-state index is 11.6. The topological polar surface area (TPSA) is 26.3 Å². The summed E-state index contributed by atoms with van der Waals surface area (Å²) in [5, 5.41) is 0. The van der Waals surface area contributed by atoms with Gasteiger partial charge in [0, 0.05) is 5.75 Å². The first-order valence-corrected chi connectivity index (χ1v) is 9.34. The normalized spacial score (nSPS) is 13.0. The Bertz CT molecular complexity index is 452. The van der Waals surface area contributed by atoms with Gasteiger partial charge in [0.05, 0.1) is 7.11 Å². The Balaban J connectivity index is 4.12. The van der Waals surface area contributed by atoms with Crippen LogP contribution in [0.1, 0.15) is 67.2 Å². The van der Waals surface area contributed by atoms with Gasteiger partial charge >= 0.3 is 5.97 Å². The average Bonchev–Trinajstić information content (AvgIpc) is 2.45. The van der Waals surface area contributed by atoms with Crippen LogP contribution in [0.5, 0.6) is 0 Å². The highest BCUT2D eigenvalue weighted by atomic mass is 32.2. The minimum atomic E-state index is -0.479. The monoisotopic (exact) mass is 338 g/mol. The number of methoxy groups -OCH3 is 1. The van der Waals surface area contributed by atoms with Gasteiger partial charge in [-0.05, 0) is 67.2 Å². The third-order valence-corrected chi connectivity index (χ3v) is 4.90. The highest BCUT2D eigenvalue weighted by Gasteiger charge is 2.28. The van der Waals surface area contributed by atoms with Crippen LogP contribution < -0.4 is 0 Å². The summed E-state index contributed by atoms with van der Waals surface area (Å²) in [7, 11) is 1.44. The maximum atomic E-state index is 11.6. The molecule has 0 aromatic heterocycles. The number of ether oxygens (including phenoxy) is 1. The highest BCUT2D eigenvalue weighted by Crippen LogP contribution is 2.26. The summed E-state index contributed by atoms with van der Waals surface area (Å²) in [6, 6.07) is 0. The summed E-state index contributed by atoms with van der Waals surface area (Å²) in [6.45, 7) is 12.5. The molecule has 0 fully saturated rings. The number of hydrogen-bond acceptors (Lipinski definition) is 3. The largest absolute Gasteiger partial charge is 0.468 e. The van der Waals surface area contributed by atoms with Crippen LogP contribution in [-0.4, -0.2) is 23.6 Å². The van der Waals surface area contributed by atoms with Crippen LogP contribution in [0.2, 0.25) is 0 Å². The second-order valence-electron chi connectivity index (χ2n) is 6.77. The smallest absolute Gasteiger partial charge is 0.321 e. The summed E-state index contributed by atoms with van der Waals surface area (Å²) in [5.41, 5.74) is 4.24. The number of thioether (sulfide) groups is 1. The van der Waals surface area contributed by atoms with E-state index in [9.17, 15) is 4.79 Å². The number of allylic oxidation sites excluding steroid dienone is 5. The first-order valence-electron chi connectivity index (χ1n) is 8.36. The summed E-state index contributed by atoms with van der Waals surface area (Å²) in [4.78, 5) is 11.6. The predicted molar refractivity (Wildman–Crippen MR) is 104 cm³/mol. The van der Waals surface area contributed by atoms with E-state index in [0.29, 0.717) is 0 Å². The van der Waals surface area contributed by atoms with Gasteiger partial charge in [0.25, 0.3) is 0 Å². The van der Waals surface area contributed by atoms with E-state index < -0.39 is 4.75 Å². The lowest BCUT2D eigenvalue weighted by molar-refractivity contribution is -0.142. The Kier molecular flexibility index (Phi) is 11.1. The Labute approximate surface area is 147 Å². The molecule has 0 aliphatic carbocycles. The standard InChI is InChI=1S/C20H34O2S/c1-16(2)10-8-11-17(3)12-9-13-18(4)14-15-23-20(5,6)19(21)22-7/h10,12,14H,8-9,11,13,15H2,1-7H3/b17-12+,18-14+. The van der Waals surface area contributed by atoms with Crippen molar-refractivity contribution in [2.45, 2.75) is 72.0 Å². The van der Waals surface area contributed by atoms with Crippen LogP contribution in [0.4, 0.5) is 0 Å². The van der Waals surface area contributed by atoms with Crippen molar-refractivity contribution in [3.8, 4) is 0 Å². The molecule has 23 heavy (non-hydrogen) atoms. The Morgan fingerprint density at radius 1 is 0.957 bits per heavy atom. The van der Waals surface area contributed by atoms with Gasteiger partial charge in [-0.15, -0.1) is 11.8 Å². The molecule has 2 nitrogen and oxygen atoms in total. The molecule has 0 aromatic carbocycles. The maximum Gasteiger partial charge on any atom is 0.321 e. The molecule has 0 heterocycles. The van der Waals surface area contributed by atoms with Crippen molar-refractivity contribution in [2.24, 2.45) is 0 Å². The fraction of sp³-hybridized carbons (Fsp3) is 0.650. The van der Waals surface area contributed by atoms with Crippen molar-refractivity contribution < 1.29 is 9.53 Å². The van der Waals surface area contributed by atoms with Crippen molar-refractivity contribution in [3.05, 3.63) is 34.9 Å². The van der Waals surface area contributed by atoms with E-state index in [2.05, 4.69) is 45.9 Å². The van der Waals surface area contributed by atoms with Gasteiger partial charge in [-0.1, -0.05) is 34.9 Å². The summed E-state index contributed by atoms with van der Waals surface area (Å²) in [5.74, 6) is 0.681. The number of esters is 1. The zero-order valence-electron chi connectivity index (χ0n) is 16.0. The fourth-order valence-electron chi connectivity index (χ4n) is 2.04. The van der Waals surface area contributed by atoms with Gasteiger partial charge in [0.1, 0.15) is 4.75 Å². The van der Waals surface area contributed by atoms with Crippen molar-refractivity contribution in [2.75, 3.05) is 12.9 Å². The molecule has 0 aliphatic heterocycles. The number of carbonyl (C=O) groups is 1. The van der Waals surface area contributed by atoms with Gasteiger partial charge < -0.3 is 4.74 Å². The molecule has 0 aliphatic rings. The van der Waals surface area contributed by atoms with Gasteiger partial charge in [0.2, 0.25) is 0 Å². The third-order valence-electron chi connectivity index (χ3n) is 3.68. The molecule has 0 saturated carbocycles. The van der Waals surface area contributed by atoms with E-state index in [1.807, 2.05) is 13.8 Å². The van der Waals surface area contributed by atoms with Gasteiger partial charge in [-0.2, -0.15) is 0 Å². The van der Waals surface area contributed by atoms with Crippen molar-refractivity contribution in [1.29, 1.82) is 0 Å². The van der Waals surface area contributed by atoms with Crippen LogP contribution in [-0.2, 0) is 9.53 Å². The van der Waals surface area contributed by atoms with E-state index in [1.165, 1.54) is 23.8 Å². The van der Waals surface area contributed by atoms with Crippen LogP contribution in [0.3, 0.4) is 0 Å². The molecule has 0 N–H and O–H groups in total. The fourth-order valence-corrected chi connectivity index (χ4v) is 3.02. The third kappa shape index (κ3) is 11.2. The number of carbonyl (C=O) groups excluding carboxylic acids is 1. The Morgan fingerprint density at radius 2 is 1.48 bits per heavy atom. The molecule has 0 unspecified atom stereocenters. The van der Waals surface area contributed by atoms with E-state index in [1.54, 1.807) is 11.8 Å². The lowest BCUT2D eigenvalue weighted by Crippen LogP contribution is -2.29. The molecule has 0 radical (unpaired) electrons. The Morgan fingerprint density at radius 3 is 2.00 bits per heavy atom. The molecule has 3 heteroatoms. The van der Waals surface area contributed by atoms with E-state index in [0.717, 1.165) is 31.4 Å². The van der Waals surface area contributed by atoms with Gasteiger partial charge in [0.15, 0.2) is 0 Å². The van der Waals surface area contributed by atoms with Crippen LogP contribution in [0, 0.1) is 0 Å². The molecule has 0 saturated heterocycles. The first-order chi connectivity index (χ1) is 10.7. The van der Waals surface area contributed by atoms with E-state index >= 15 is 0 Å². The Hall–Kier alpha value is -0.960. The summed E-state index contributed by atoms with van der Waals surface area (Å²) in [6.07, 6.45) is 11.3. The zero-order valence-corrected chi connectivity index (χ0v) is 16.8. The lowest BCUT2D eigenvalue weighted by Gasteiger charge is -2.19. The molecule has 0 rings (SSSR count). The second-order valence-corrected chi connectivity index (χ2v) is 8.42. The molecule has 0 aromatic rings. The molecule has 0 amide bonds. The molecule has 0 bridgehead atoms. The summed E-state index contributed by atoms with van der Waals surface area (Å²) < 4.78 is 4.34. The molecular weight excluding hydrogens is 304 g/mol. The van der Waals surface area contributed by atoms with E-state index in [-0.39, 0.29) is 5.97 Å². The van der Waals surface area contributed by atoms with E-state index in [4.69, 9.17) is 4.74 Å². The van der Waals surface area contributed by atoms with Crippen molar-refractivity contribution >= 4 is 17.7 Å². The van der Waals surface area contributed by atoms with Crippen LogP contribution in [0.25, 0.3) is 0 Å². The summed E-state index contributed by atoms with van der Waals surface area (Å²) >= 11 is 1.62. The molecule has 0 spiro atoms. The van der Waals surface area contributed by atoms with Crippen LogP contribution in [0.15, 0.2) is 34.9 Å². The molecular formula is C20H34O2S. The lowest BCUT2D eigenvalue weighted by atomic mass is 10.1. The minimum Gasteiger partial charge on any atom is -0.468 e. The predicted octanol–water partition coefficient (Wildman–Crippen LogP) is 6.09. The average molecular weight is 339 g/mol. The molecule has 132 valence electrons. The van der Waals surface area contributed by atoms with Crippen molar-refractivity contribution in [3.63, 3.8) is 0 Å². The van der Waals surface area contributed by atoms with Crippen molar-refractivity contribution in [1.82, 2.24) is 0 Å². The zero-order chi connectivity index (χ0) is 17.9. The number of hydrogen-bond donors (Lipinski definition) is 0. The molecule has 0 atom stereocenters. The highest BCUT2D eigenvalue weighted by molar-refractivity contribution is 8.01. The van der Waals surface area contributed by atoms with Gasteiger partial charge in [-0.3, -0.25) is 4.79 Å². The van der Waals surface area contributed by atoms with Crippen LogP contribution >= 0.6 is 11.8 Å². The first kappa shape index (κ1) is 22.0. The van der Waals surface area contributed by atoms with Gasteiger partial charge in [-0.25, -0.2) is 0 Å². The number of rotatable bonds is 10.